The molecule has 3 rings (SSSR count). The average Bonchev–Trinajstić information content (AvgIpc) is 3.13. The lowest BCUT2D eigenvalue weighted by Gasteiger charge is -2.20. The molecule has 0 aliphatic heterocycles. The van der Waals surface area contributed by atoms with Gasteiger partial charge in [-0.05, 0) is 29.5 Å². The topological polar surface area (TPSA) is 63.2 Å². The van der Waals surface area contributed by atoms with Gasteiger partial charge in [0.25, 0.3) is 10.0 Å². The van der Waals surface area contributed by atoms with Crippen LogP contribution in [0.5, 0.6) is 0 Å². The number of hydrogen-bond acceptors (Lipinski definition) is 3. The van der Waals surface area contributed by atoms with Crippen molar-refractivity contribution in [3.05, 3.63) is 66.2 Å². The van der Waals surface area contributed by atoms with Gasteiger partial charge in [-0.2, -0.15) is 0 Å². The lowest BCUT2D eigenvalue weighted by molar-refractivity contribution is -0.122. The lowest BCUT2D eigenvalue weighted by Crippen LogP contribution is -2.41. The van der Waals surface area contributed by atoms with E-state index in [1.54, 1.807) is 18.2 Å². The van der Waals surface area contributed by atoms with Gasteiger partial charge in [-0.25, -0.2) is 13.1 Å². The normalized spacial score (nSPS) is 22.3. The third kappa shape index (κ3) is 2.55. The minimum atomic E-state index is -3.86. The molecule has 1 saturated carbocycles. The number of benzene rings is 2. The Morgan fingerprint density at radius 1 is 0.957 bits per heavy atom. The van der Waals surface area contributed by atoms with Gasteiger partial charge in [-0.15, -0.1) is 0 Å². The quantitative estimate of drug-likeness (QED) is 0.938. The maximum absolute atomic E-state index is 12.8. The van der Waals surface area contributed by atoms with Crippen LogP contribution in [0.3, 0.4) is 0 Å². The van der Waals surface area contributed by atoms with Gasteiger partial charge in [0, 0.05) is 0 Å². The molecule has 120 valence electrons. The predicted octanol–water partition coefficient (Wildman–Crippen LogP) is 2.86. The highest BCUT2D eigenvalue weighted by Gasteiger charge is 2.67. The molecule has 5 heteroatoms. The Morgan fingerprint density at radius 3 is 1.91 bits per heavy atom. The summed E-state index contributed by atoms with van der Waals surface area (Å²) in [5.74, 6) is -0.461. The molecule has 0 saturated heterocycles. The van der Waals surface area contributed by atoms with Gasteiger partial charge in [0.2, 0.25) is 5.91 Å². The van der Waals surface area contributed by atoms with Crippen molar-refractivity contribution in [1.82, 2.24) is 4.72 Å². The Hall–Kier alpha value is -2.14. The molecule has 2 aromatic carbocycles. The summed E-state index contributed by atoms with van der Waals surface area (Å²) >= 11 is 0. The Labute approximate surface area is 136 Å². The van der Waals surface area contributed by atoms with Gasteiger partial charge in [0.15, 0.2) is 0 Å². The largest absolute Gasteiger partial charge is 0.273 e. The van der Waals surface area contributed by atoms with Crippen molar-refractivity contribution < 1.29 is 13.2 Å². The van der Waals surface area contributed by atoms with Crippen LogP contribution in [0.15, 0.2) is 65.6 Å². The third-order valence-corrected chi connectivity index (χ3v) is 6.02. The lowest BCUT2D eigenvalue weighted by atomic mass is 9.87. The van der Waals surface area contributed by atoms with Crippen LogP contribution in [0.1, 0.15) is 25.8 Å². The highest BCUT2D eigenvalue weighted by atomic mass is 32.2. The summed E-state index contributed by atoms with van der Waals surface area (Å²) in [4.78, 5) is 12.9. The van der Waals surface area contributed by atoms with Crippen LogP contribution < -0.4 is 4.72 Å². The highest BCUT2D eigenvalue weighted by molar-refractivity contribution is 7.90. The second-order valence-corrected chi connectivity index (χ2v) is 8.26. The van der Waals surface area contributed by atoms with E-state index < -0.39 is 21.3 Å². The summed E-state index contributed by atoms with van der Waals surface area (Å²) in [6.45, 7) is 3.96. The van der Waals surface area contributed by atoms with Crippen molar-refractivity contribution in [3.8, 4) is 0 Å². The third-order valence-electron chi connectivity index (χ3n) is 4.67. The molecule has 1 aliphatic carbocycles. The SMILES string of the molecule is CC1(C)CC1(C(=O)NS(=O)(=O)c1ccccc1)c1ccccc1. The Bertz CT molecular complexity index is 829. The molecule has 0 radical (unpaired) electrons. The summed E-state index contributed by atoms with van der Waals surface area (Å²) in [7, 11) is -3.86. The van der Waals surface area contributed by atoms with E-state index in [1.165, 1.54) is 12.1 Å². The minimum Gasteiger partial charge on any atom is -0.273 e. The molecule has 23 heavy (non-hydrogen) atoms. The van der Waals surface area contributed by atoms with E-state index in [1.807, 2.05) is 44.2 Å². The first-order valence-corrected chi connectivity index (χ1v) is 8.96. The molecule has 1 unspecified atom stereocenters. The molecule has 1 N–H and O–H groups in total. The van der Waals surface area contributed by atoms with Crippen molar-refractivity contribution in [3.63, 3.8) is 0 Å². The molecule has 1 aliphatic rings. The molecule has 0 spiro atoms. The van der Waals surface area contributed by atoms with Gasteiger partial charge in [0.05, 0.1) is 10.3 Å². The number of nitrogens with one attached hydrogen (secondary N) is 1. The van der Waals surface area contributed by atoms with Crippen molar-refractivity contribution >= 4 is 15.9 Å². The molecular weight excluding hydrogens is 310 g/mol. The first kappa shape index (κ1) is 15.7. The molecule has 1 amide bonds. The van der Waals surface area contributed by atoms with Crippen molar-refractivity contribution in [2.75, 3.05) is 0 Å². The minimum absolute atomic E-state index is 0.0926. The van der Waals surface area contributed by atoms with Crippen LogP contribution in [0.2, 0.25) is 0 Å². The van der Waals surface area contributed by atoms with Crippen LogP contribution >= 0.6 is 0 Å². The number of carbonyl (C=O) groups excluding carboxylic acids is 1. The Balaban J connectivity index is 1.94. The van der Waals surface area contributed by atoms with E-state index in [0.717, 1.165) is 5.56 Å². The molecule has 0 aromatic heterocycles. The summed E-state index contributed by atoms with van der Waals surface area (Å²) in [5.41, 5.74) is -0.216. The van der Waals surface area contributed by atoms with Crippen LogP contribution in [-0.2, 0) is 20.2 Å². The molecule has 1 atom stereocenters. The fourth-order valence-corrected chi connectivity index (χ4v) is 4.27. The summed E-state index contributed by atoms with van der Waals surface area (Å²) < 4.78 is 27.1. The van der Waals surface area contributed by atoms with Gasteiger partial charge in [0.1, 0.15) is 0 Å². The van der Waals surface area contributed by atoms with E-state index in [9.17, 15) is 13.2 Å². The second kappa shape index (κ2) is 5.20. The van der Waals surface area contributed by atoms with Crippen molar-refractivity contribution in [2.24, 2.45) is 5.41 Å². The van der Waals surface area contributed by atoms with Gasteiger partial charge in [-0.1, -0.05) is 62.4 Å². The highest BCUT2D eigenvalue weighted by Crippen LogP contribution is 2.64. The van der Waals surface area contributed by atoms with E-state index in [0.29, 0.717) is 6.42 Å². The maximum Gasteiger partial charge on any atom is 0.264 e. The van der Waals surface area contributed by atoms with Gasteiger partial charge >= 0.3 is 0 Å². The van der Waals surface area contributed by atoms with E-state index in [2.05, 4.69) is 4.72 Å². The predicted molar refractivity (Wildman–Crippen MR) is 88.3 cm³/mol. The van der Waals surface area contributed by atoms with Crippen LogP contribution in [0, 0.1) is 5.41 Å². The number of hydrogen-bond donors (Lipinski definition) is 1. The summed E-state index contributed by atoms with van der Waals surface area (Å²) in [6, 6.07) is 17.3. The van der Waals surface area contributed by atoms with E-state index in [-0.39, 0.29) is 10.3 Å². The summed E-state index contributed by atoms with van der Waals surface area (Å²) in [6.07, 6.45) is 0.625. The molecule has 0 bridgehead atoms. The maximum atomic E-state index is 12.8. The monoisotopic (exact) mass is 329 g/mol. The van der Waals surface area contributed by atoms with Crippen molar-refractivity contribution in [1.29, 1.82) is 0 Å². The first-order valence-electron chi connectivity index (χ1n) is 7.47. The van der Waals surface area contributed by atoms with Crippen LogP contribution in [0.25, 0.3) is 0 Å². The fourth-order valence-electron chi connectivity index (χ4n) is 3.22. The number of amides is 1. The smallest absolute Gasteiger partial charge is 0.264 e. The molecule has 4 nitrogen and oxygen atoms in total. The Morgan fingerprint density at radius 2 is 1.43 bits per heavy atom. The van der Waals surface area contributed by atoms with Crippen LogP contribution in [-0.4, -0.2) is 14.3 Å². The fraction of sp³-hybridized carbons (Fsp3) is 0.278. The van der Waals surface area contributed by atoms with Gasteiger partial charge in [-0.3, -0.25) is 4.79 Å². The zero-order valence-corrected chi connectivity index (χ0v) is 13.9. The second-order valence-electron chi connectivity index (χ2n) is 6.58. The van der Waals surface area contributed by atoms with E-state index >= 15 is 0 Å². The Kier molecular flexibility index (Phi) is 3.56. The summed E-state index contributed by atoms with van der Waals surface area (Å²) in [5, 5.41) is 0. The van der Waals surface area contributed by atoms with Gasteiger partial charge < -0.3 is 0 Å². The number of carbonyl (C=O) groups is 1. The molecular formula is C18H19NO3S. The van der Waals surface area contributed by atoms with E-state index in [4.69, 9.17) is 0 Å². The van der Waals surface area contributed by atoms with Crippen LogP contribution in [0.4, 0.5) is 0 Å². The number of rotatable bonds is 4. The zero-order valence-electron chi connectivity index (χ0n) is 13.1. The number of sulfonamides is 1. The molecule has 2 aromatic rings. The first-order chi connectivity index (χ1) is 10.8. The standard InChI is InChI=1S/C18H19NO3S/c1-17(2)13-18(17,14-9-5-3-6-10-14)16(20)19-23(21,22)15-11-7-4-8-12-15/h3-12H,13H2,1-2H3,(H,19,20). The molecule has 0 heterocycles. The molecule has 1 fully saturated rings. The average molecular weight is 329 g/mol. The zero-order chi connectivity index (χ0) is 16.7. The van der Waals surface area contributed by atoms with Crippen molar-refractivity contribution in [2.45, 2.75) is 30.6 Å².